The van der Waals surface area contributed by atoms with E-state index in [0.717, 1.165) is 21.6 Å². The minimum Gasteiger partial charge on any atom is -0.320 e. The Morgan fingerprint density at radius 1 is 1.14 bits per heavy atom. The van der Waals surface area contributed by atoms with Crippen molar-refractivity contribution in [3.05, 3.63) is 63.2 Å². The number of sulfonamides is 1. The Balaban J connectivity index is 0.00000280. The number of hydrogen-bond acceptors (Lipinski definition) is 4. The second kappa shape index (κ2) is 8.92. The first kappa shape index (κ1) is 22.8. The minimum absolute atomic E-state index is 0. The molecule has 0 aliphatic rings. The van der Waals surface area contributed by atoms with E-state index >= 15 is 0 Å². The first-order valence-electron chi connectivity index (χ1n) is 8.19. The summed E-state index contributed by atoms with van der Waals surface area (Å²) in [7, 11) is 1.47. The molecule has 0 fully saturated rings. The van der Waals surface area contributed by atoms with Gasteiger partial charge in [-0.2, -0.15) is 0 Å². The van der Waals surface area contributed by atoms with Crippen molar-refractivity contribution < 1.29 is 8.42 Å². The van der Waals surface area contributed by atoms with Gasteiger partial charge in [0.1, 0.15) is 0 Å². The average Bonchev–Trinajstić information content (AvgIpc) is 2.97. The normalized spacial score (nSPS) is 12.3. The van der Waals surface area contributed by atoms with Crippen molar-refractivity contribution in [3.63, 3.8) is 0 Å². The number of hydrogen-bond donors (Lipinski definition) is 0. The number of para-hydroxylation sites is 1. The number of halogens is 2. The van der Waals surface area contributed by atoms with E-state index in [0.29, 0.717) is 10.7 Å². The molecule has 0 saturated heterocycles. The van der Waals surface area contributed by atoms with Crippen molar-refractivity contribution in [2.24, 2.45) is 12.0 Å². The van der Waals surface area contributed by atoms with Crippen LogP contribution in [0.4, 0.5) is 5.69 Å². The molecule has 0 aliphatic heterocycles. The third kappa shape index (κ3) is 4.41. The second-order valence-corrected chi connectivity index (χ2v) is 9.69. The zero-order valence-electron chi connectivity index (χ0n) is 15.9. The maximum Gasteiger partial charge on any atom is 0.242 e. The van der Waals surface area contributed by atoms with Crippen LogP contribution < -0.4 is 4.80 Å². The summed E-state index contributed by atoms with van der Waals surface area (Å²) in [6.45, 7) is 1.96. The van der Waals surface area contributed by atoms with E-state index in [4.69, 9.17) is 11.6 Å². The Kier molecular flexibility index (Phi) is 7.27. The highest BCUT2D eigenvalue weighted by Gasteiger charge is 2.19. The molecule has 28 heavy (non-hydrogen) atoms. The first-order chi connectivity index (χ1) is 12.7. The number of rotatable bonds is 4. The smallest absolute Gasteiger partial charge is 0.242 e. The first-order valence-corrected chi connectivity index (χ1v) is 10.9. The standard InChI is InChI=1S/C19H20ClN3O2S2.BrH/c1-13-9-10-14(27(24,25)22(2)3)11-15(13)18-12-26-19(23(18)4)21-17-8-6-5-7-16(17)20;/h5-12H,1-4H3;1H/b21-19+;. The molecule has 3 aromatic rings. The minimum atomic E-state index is -3.50. The van der Waals surface area contributed by atoms with E-state index in [1.54, 1.807) is 18.2 Å². The lowest BCUT2D eigenvalue weighted by Gasteiger charge is -2.14. The van der Waals surface area contributed by atoms with Gasteiger partial charge in [0, 0.05) is 32.1 Å². The Hall–Kier alpha value is -1.45. The molecule has 5 nitrogen and oxygen atoms in total. The summed E-state index contributed by atoms with van der Waals surface area (Å²) in [5.74, 6) is 0. The molecule has 0 N–H and O–H groups in total. The van der Waals surface area contributed by atoms with E-state index in [1.165, 1.54) is 29.7 Å². The fourth-order valence-electron chi connectivity index (χ4n) is 2.61. The molecule has 150 valence electrons. The fraction of sp³-hybridized carbons (Fsp3) is 0.211. The molecule has 0 spiro atoms. The highest BCUT2D eigenvalue weighted by Crippen LogP contribution is 2.28. The summed E-state index contributed by atoms with van der Waals surface area (Å²) < 4.78 is 28.1. The van der Waals surface area contributed by atoms with Gasteiger partial charge >= 0.3 is 0 Å². The van der Waals surface area contributed by atoms with Gasteiger partial charge in [-0.1, -0.05) is 29.8 Å². The maximum atomic E-state index is 12.5. The van der Waals surface area contributed by atoms with E-state index in [2.05, 4.69) is 4.99 Å². The molecule has 0 radical (unpaired) electrons. The predicted molar refractivity (Wildman–Crippen MR) is 121 cm³/mol. The summed E-state index contributed by atoms with van der Waals surface area (Å²) >= 11 is 7.69. The second-order valence-electron chi connectivity index (χ2n) is 6.29. The van der Waals surface area contributed by atoms with Crippen molar-refractivity contribution in [2.45, 2.75) is 11.8 Å². The Morgan fingerprint density at radius 2 is 1.82 bits per heavy atom. The number of aryl methyl sites for hydroxylation is 1. The molecular weight excluding hydrogens is 482 g/mol. The molecule has 1 heterocycles. The Labute approximate surface area is 184 Å². The van der Waals surface area contributed by atoms with Crippen LogP contribution in [0.1, 0.15) is 5.56 Å². The average molecular weight is 503 g/mol. The monoisotopic (exact) mass is 501 g/mol. The third-order valence-corrected chi connectivity index (χ3v) is 7.30. The van der Waals surface area contributed by atoms with Gasteiger partial charge < -0.3 is 4.57 Å². The highest BCUT2D eigenvalue weighted by atomic mass is 79.9. The largest absolute Gasteiger partial charge is 0.320 e. The molecule has 0 unspecified atom stereocenters. The third-order valence-electron chi connectivity index (χ3n) is 4.26. The molecule has 1 aromatic heterocycles. The van der Waals surface area contributed by atoms with Crippen LogP contribution >= 0.6 is 39.9 Å². The van der Waals surface area contributed by atoms with Crippen LogP contribution in [0.3, 0.4) is 0 Å². The highest BCUT2D eigenvalue weighted by molar-refractivity contribution is 8.93. The zero-order valence-corrected chi connectivity index (χ0v) is 20.0. The quantitative estimate of drug-likeness (QED) is 0.516. The predicted octanol–water partition coefficient (Wildman–Crippen LogP) is 4.78. The number of aromatic nitrogens is 1. The van der Waals surface area contributed by atoms with Crippen LogP contribution in [0.5, 0.6) is 0 Å². The van der Waals surface area contributed by atoms with E-state index in [9.17, 15) is 8.42 Å². The Morgan fingerprint density at radius 3 is 2.46 bits per heavy atom. The summed E-state index contributed by atoms with van der Waals surface area (Å²) in [4.78, 5) is 5.68. The maximum absolute atomic E-state index is 12.5. The van der Waals surface area contributed by atoms with Gasteiger partial charge in [-0.3, -0.25) is 0 Å². The molecule has 0 aliphatic carbocycles. The van der Waals surface area contributed by atoms with Crippen molar-refractivity contribution in [2.75, 3.05) is 14.1 Å². The van der Waals surface area contributed by atoms with Gasteiger partial charge in [-0.15, -0.1) is 28.3 Å². The SMILES string of the molecule is Br.Cc1ccc(S(=O)(=O)N(C)C)cc1-c1cs/c(=N/c2ccccc2Cl)n1C. The van der Waals surface area contributed by atoms with Crippen LogP contribution in [0.15, 0.2) is 57.7 Å². The van der Waals surface area contributed by atoms with Gasteiger partial charge in [0.2, 0.25) is 10.0 Å². The molecule has 9 heteroatoms. The van der Waals surface area contributed by atoms with Crippen LogP contribution in [0.2, 0.25) is 5.02 Å². The molecule has 2 aromatic carbocycles. The summed E-state index contributed by atoms with van der Waals surface area (Å²) in [5, 5.41) is 2.56. The lowest BCUT2D eigenvalue weighted by Crippen LogP contribution is -2.22. The van der Waals surface area contributed by atoms with E-state index in [-0.39, 0.29) is 21.9 Å². The van der Waals surface area contributed by atoms with Gasteiger partial charge in [-0.05, 0) is 36.8 Å². The fourth-order valence-corrected chi connectivity index (χ4v) is 4.63. The number of thiazole rings is 1. The molecule has 3 rings (SSSR count). The lowest BCUT2D eigenvalue weighted by molar-refractivity contribution is 0.521. The van der Waals surface area contributed by atoms with Crippen LogP contribution in [0, 0.1) is 6.92 Å². The van der Waals surface area contributed by atoms with Gasteiger partial charge in [0.05, 0.1) is 21.3 Å². The van der Waals surface area contributed by atoms with Crippen LogP contribution in [0.25, 0.3) is 11.3 Å². The van der Waals surface area contributed by atoms with E-state index in [1.807, 2.05) is 48.2 Å². The lowest BCUT2D eigenvalue weighted by atomic mass is 10.1. The molecule has 0 bridgehead atoms. The zero-order chi connectivity index (χ0) is 19.8. The molecule has 0 saturated carbocycles. The molecule has 0 atom stereocenters. The Bertz CT molecular complexity index is 1170. The van der Waals surface area contributed by atoms with Crippen molar-refractivity contribution >= 4 is 55.6 Å². The van der Waals surface area contributed by atoms with Gasteiger partial charge in [0.25, 0.3) is 0 Å². The molecular formula is C19H21BrClN3O2S2. The number of nitrogens with zero attached hydrogens (tertiary/aromatic N) is 3. The number of benzene rings is 2. The van der Waals surface area contributed by atoms with Crippen LogP contribution in [-0.4, -0.2) is 31.4 Å². The van der Waals surface area contributed by atoms with Crippen molar-refractivity contribution in [1.29, 1.82) is 0 Å². The van der Waals surface area contributed by atoms with Crippen molar-refractivity contribution in [3.8, 4) is 11.3 Å². The van der Waals surface area contributed by atoms with Crippen LogP contribution in [-0.2, 0) is 17.1 Å². The molecule has 0 amide bonds. The summed E-state index contributed by atoms with van der Waals surface area (Å²) in [6, 6.07) is 12.6. The van der Waals surface area contributed by atoms with Crippen molar-refractivity contribution in [1.82, 2.24) is 8.87 Å². The van der Waals surface area contributed by atoms with Gasteiger partial charge in [-0.25, -0.2) is 17.7 Å². The topological polar surface area (TPSA) is 54.7 Å². The van der Waals surface area contributed by atoms with Gasteiger partial charge in [0.15, 0.2) is 4.80 Å². The summed E-state index contributed by atoms with van der Waals surface area (Å²) in [6.07, 6.45) is 0. The van der Waals surface area contributed by atoms with E-state index < -0.39 is 10.0 Å². The summed E-state index contributed by atoms with van der Waals surface area (Å²) in [5.41, 5.74) is 3.45.